The van der Waals surface area contributed by atoms with Crippen molar-refractivity contribution < 1.29 is 0 Å². The number of nitrogens with one attached hydrogen (secondary N) is 1. The number of anilines is 2. The van der Waals surface area contributed by atoms with Gasteiger partial charge in [0.1, 0.15) is 0 Å². The molecule has 0 radical (unpaired) electrons. The highest BCUT2D eigenvalue weighted by Crippen LogP contribution is 2.19. The first kappa shape index (κ1) is 10.9. The Morgan fingerprint density at radius 1 is 1.29 bits per heavy atom. The van der Waals surface area contributed by atoms with Gasteiger partial charge in [0.2, 0.25) is 0 Å². The largest absolute Gasteiger partial charge is 0.397 e. The molecule has 5 N–H and O–H groups in total. The van der Waals surface area contributed by atoms with Crippen LogP contribution in [0, 0.1) is 5.41 Å². The summed E-state index contributed by atoms with van der Waals surface area (Å²) in [4.78, 5) is 0. The zero-order chi connectivity index (χ0) is 10.6. The molecule has 0 aromatic heterocycles. The summed E-state index contributed by atoms with van der Waals surface area (Å²) in [5.74, 6) is 0. The number of para-hydroxylation sites is 2. The van der Waals surface area contributed by atoms with Crippen molar-refractivity contribution in [3.05, 3.63) is 24.3 Å². The van der Waals surface area contributed by atoms with Crippen LogP contribution in [0.15, 0.2) is 24.3 Å². The summed E-state index contributed by atoms with van der Waals surface area (Å²) in [6.45, 7) is 5.74. The van der Waals surface area contributed by atoms with E-state index in [0.717, 1.165) is 17.9 Å². The molecule has 3 nitrogen and oxygen atoms in total. The van der Waals surface area contributed by atoms with Gasteiger partial charge in [-0.05, 0) is 24.1 Å². The molecule has 0 bridgehead atoms. The van der Waals surface area contributed by atoms with Gasteiger partial charge in [-0.2, -0.15) is 0 Å². The van der Waals surface area contributed by atoms with Gasteiger partial charge in [-0.1, -0.05) is 26.0 Å². The van der Waals surface area contributed by atoms with Gasteiger partial charge in [0.05, 0.1) is 11.4 Å². The van der Waals surface area contributed by atoms with E-state index in [1.54, 1.807) is 0 Å². The topological polar surface area (TPSA) is 64.1 Å². The number of nitrogens with two attached hydrogens (primary N) is 2. The van der Waals surface area contributed by atoms with Crippen LogP contribution in [0.1, 0.15) is 13.8 Å². The molecule has 0 unspecified atom stereocenters. The van der Waals surface area contributed by atoms with Crippen LogP contribution in [0.5, 0.6) is 0 Å². The van der Waals surface area contributed by atoms with E-state index in [1.165, 1.54) is 0 Å². The van der Waals surface area contributed by atoms with Crippen LogP contribution >= 0.6 is 0 Å². The van der Waals surface area contributed by atoms with Gasteiger partial charge in [0, 0.05) is 6.54 Å². The summed E-state index contributed by atoms with van der Waals surface area (Å²) in [7, 11) is 0. The second-order valence-electron chi connectivity index (χ2n) is 4.31. The Morgan fingerprint density at radius 2 is 1.93 bits per heavy atom. The molecule has 14 heavy (non-hydrogen) atoms. The molecule has 1 aromatic carbocycles. The predicted octanol–water partition coefficient (Wildman–Crippen LogP) is 1.67. The second-order valence-corrected chi connectivity index (χ2v) is 4.31. The number of benzene rings is 1. The Balaban J connectivity index is 2.58. The lowest BCUT2D eigenvalue weighted by Gasteiger charge is -2.23. The maximum Gasteiger partial charge on any atom is 0.0574 e. The molecule has 0 amide bonds. The highest BCUT2D eigenvalue weighted by atomic mass is 14.9. The van der Waals surface area contributed by atoms with Gasteiger partial charge in [0.25, 0.3) is 0 Å². The molecule has 0 saturated heterocycles. The summed E-state index contributed by atoms with van der Waals surface area (Å²) in [5, 5.41) is 3.30. The fourth-order valence-corrected chi connectivity index (χ4v) is 1.06. The van der Waals surface area contributed by atoms with Crippen molar-refractivity contribution >= 4 is 11.4 Å². The third kappa shape index (κ3) is 2.92. The lowest BCUT2D eigenvalue weighted by Crippen LogP contribution is -2.31. The van der Waals surface area contributed by atoms with E-state index in [-0.39, 0.29) is 5.41 Å². The van der Waals surface area contributed by atoms with Crippen LogP contribution in [0.25, 0.3) is 0 Å². The van der Waals surface area contributed by atoms with Gasteiger partial charge < -0.3 is 16.8 Å². The Kier molecular flexibility index (Phi) is 3.36. The number of nitrogen functional groups attached to an aromatic ring is 1. The first-order valence-corrected chi connectivity index (χ1v) is 4.83. The maximum atomic E-state index is 5.80. The average Bonchev–Trinajstić information content (AvgIpc) is 2.17. The minimum atomic E-state index is 0.0995. The molecule has 0 aliphatic heterocycles. The van der Waals surface area contributed by atoms with E-state index in [9.17, 15) is 0 Å². The Bertz CT molecular complexity index is 294. The van der Waals surface area contributed by atoms with E-state index < -0.39 is 0 Å². The quantitative estimate of drug-likeness (QED) is 0.637. The fraction of sp³-hybridized carbons (Fsp3) is 0.455. The lowest BCUT2D eigenvalue weighted by atomic mass is 9.94. The SMILES string of the molecule is CC(C)(CN)CNc1ccccc1N. The van der Waals surface area contributed by atoms with Crippen LogP contribution in [0.4, 0.5) is 11.4 Å². The van der Waals surface area contributed by atoms with Crippen LogP contribution in [0.2, 0.25) is 0 Å². The molecule has 3 heteroatoms. The molecule has 1 rings (SSSR count). The van der Waals surface area contributed by atoms with Crippen molar-refractivity contribution in [1.82, 2.24) is 0 Å². The standard InChI is InChI=1S/C11H19N3/c1-11(2,7-12)8-14-10-6-4-3-5-9(10)13/h3-6,14H,7-8,12-13H2,1-2H3. The van der Waals surface area contributed by atoms with Crippen LogP contribution in [0.3, 0.4) is 0 Å². The first-order chi connectivity index (χ1) is 6.55. The van der Waals surface area contributed by atoms with Gasteiger partial charge in [-0.15, -0.1) is 0 Å². The molecule has 1 aromatic rings. The van der Waals surface area contributed by atoms with Crippen LogP contribution in [-0.4, -0.2) is 13.1 Å². The summed E-state index contributed by atoms with van der Waals surface area (Å²) in [6.07, 6.45) is 0. The number of hydrogen-bond donors (Lipinski definition) is 3. The average molecular weight is 193 g/mol. The predicted molar refractivity (Wildman–Crippen MR) is 62.2 cm³/mol. The third-order valence-electron chi connectivity index (χ3n) is 2.27. The highest BCUT2D eigenvalue weighted by Gasteiger charge is 2.14. The molecular formula is C11H19N3. The van der Waals surface area contributed by atoms with Crippen molar-refractivity contribution in [2.45, 2.75) is 13.8 Å². The molecular weight excluding hydrogens is 174 g/mol. The van der Waals surface area contributed by atoms with Gasteiger partial charge in [0.15, 0.2) is 0 Å². The normalized spacial score (nSPS) is 11.4. The highest BCUT2D eigenvalue weighted by molar-refractivity contribution is 5.65. The molecule has 0 spiro atoms. The fourth-order valence-electron chi connectivity index (χ4n) is 1.06. The summed E-state index contributed by atoms with van der Waals surface area (Å²) in [5.41, 5.74) is 13.3. The first-order valence-electron chi connectivity index (χ1n) is 4.83. The molecule has 0 aliphatic carbocycles. The van der Waals surface area contributed by atoms with Gasteiger partial charge >= 0.3 is 0 Å². The lowest BCUT2D eigenvalue weighted by molar-refractivity contribution is 0.406. The van der Waals surface area contributed by atoms with E-state index in [2.05, 4.69) is 19.2 Å². The molecule has 0 atom stereocenters. The smallest absolute Gasteiger partial charge is 0.0574 e. The summed E-state index contributed by atoms with van der Waals surface area (Å²) >= 11 is 0. The van der Waals surface area contributed by atoms with Gasteiger partial charge in [-0.3, -0.25) is 0 Å². The maximum absolute atomic E-state index is 5.80. The molecule has 78 valence electrons. The summed E-state index contributed by atoms with van der Waals surface area (Å²) < 4.78 is 0. The van der Waals surface area contributed by atoms with E-state index in [1.807, 2.05) is 24.3 Å². The minimum absolute atomic E-state index is 0.0995. The monoisotopic (exact) mass is 193 g/mol. The second kappa shape index (κ2) is 4.33. The minimum Gasteiger partial charge on any atom is -0.397 e. The van der Waals surface area contributed by atoms with Gasteiger partial charge in [-0.25, -0.2) is 0 Å². The molecule has 0 aliphatic rings. The van der Waals surface area contributed by atoms with Crippen LogP contribution < -0.4 is 16.8 Å². The summed E-state index contributed by atoms with van der Waals surface area (Å²) in [6, 6.07) is 7.75. The van der Waals surface area contributed by atoms with Crippen molar-refractivity contribution in [3.8, 4) is 0 Å². The Labute approximate surface area is 85.5 Å². The third-order valence-corrected chi connectivity index (χ3v) is 2.27. The van der Waals surface area contributed by atoms with Crippen molar-refractivity contribution in [2.24, 2.45) is 11.1 Å². The van der Waals surface area contributed by atoms with Crippen molar-refractivity contribution in [2.75, 3.05) is 24.1 Å². The zero-order valence-electron chi connectivity index (χ0n) is 8.88. The molecule has 0 heterocycles. The molecule has 0 saturated carbocycles. The van der Waals surface area contributed by atoms with Crippen molar-refractivity contribution in [1.29, 1.82) is 0 Å². The van der Waals surface area contributed by atoms with Crippen molar-refractivity contribution in [3.63, 3.8) is 0 Å². The van der Waals surface area contributed by atoms with E-state index >= 15 is 0 Å². The van der Waals surface area contributed by atoms with Crippen LogP contribution in [-0.2, 0) is 0 Å². The number of hydrogen-bond acceptors (Lipinski definition) is 3. The Morgan fingerprint density at radius 3 is 2.50 bits per heavy atom. The van der Waals surface area contributed by atoms with E-state index in [0.29, 0.717) is 6.54 Å². The number of rotatable bonds is 4. The van der Waals surface area contributed by atoms with E-state index in [4.69, 9.17) is 11.5 Å². The molecule has 0 fully saturated rings. The zero-order valence-corrected chi connectivity index (χ0v) is 8.88. The Hall–Kier alpha value is -1.22.